The molecule has 0 saturated carbocycles. The molecule has 2 aliphatic heterocycles. The van der Waals surface area contributed by atoms with Crippen LogP contribution in [0.5, 0.6) is 0 Å². The van der Waals surface area contributed by atoms with Crippen LogP contribution in [0.1, 0.15) is 32.1 Å². The number of carbonyl (C=O) groups is 1. The molecule has 2 atom stereocenters. The third-order valence-electron chi connectivity index (χ3n) is 3.30. The van der Waals surface area contributed by atoms with Crippen molar-refractivity contribution in [3.8, 4) is 0 Å². The summed E-state index contributed by atoms with van der Waals surface area (Å²) in [5, 5.41) is 12.5. The Balaban J connectivity index is 2.15. The molecule has 4 nitrogen and oxygen atoms in total. The summed E-state index contributed by atoms with van der Waals surface area (Å²) in [4.78, 5) is 11.3. The van der Waals surface area contributed by atoms with Crippen molar-refractivity contribution in [1.82, 2.24) is 5.32 Å². The van der Waals surface area contributed by atoms with Crippen LogP contribution in [0.25, 0.3) is 0 Å². The molecular formula is C10H17NO3. The molecule has 0 spiro atoms. The normalized spacial score (nSPS) is 38.4. The summed E-state index contributed by atoms with van der Waals surface area (Å²) in [5.74, 6) is -0.746. The Morgan fingerprint density at radius 3 is 2.79 bits per heavy atom. The molecule has 0 aliphatic carbocycles. The van der Waals surface area contributed by atoms with Crippen LogP contribution in [-0.2, 0) is 9.53 Å². The second-order valence-corrected chi connectivity index (χ2v) is 4.16. The van der Waals surface area contributed by atoms with Gasteiger partial charge in [-0.15, -0.1) is 0 Å². The Bertz CT molecular complexity index is 217. The van der Waals surface area contributed by atoms with E-state index in [0.29, 0.717) is 13.0 Å². The first-order chi connectivity index (χ1) is 6.76. The maximum atomic E-state index is 11.3. The monoisotopic (exact) mass is 199 g/mol. The molecule has 14 heavy (non-hydrogen) atoms. The smallest absolute Gasteiger partial charge is 0.326 e. The van der Waals surface area contributed by atoms with Gasteiger partial charge in [0.2, 0.25) is 0 Å². The molecular weight excluding hydrogens is 182 g/mol. The zero-order valence-corrected chi connectivity index (χ0v) is 8.29. The van der Waals surface area contributed by atoms with E-state index in [0.717, 1.165) is 32.2 Å². The maximum absolute atomic E-state index is 11.3. The van der Waals surface area contributed by atoms with E-state index in [1.807, 2.05) is 0 Å². The molecule has 80 valence electrons. The topological polar surface area (TPSA) is 58.6 Å². The van der Waals surface area contributed by atoms with Crippen molar-refractivity contribution in [2.24, 2.45) is 0 Å². The average Bonchev–Trinajstić information content (AvgIpc) is 2.72. The molecule has 2 heterocycles. The van der Waals surface area contributed by atoms with Crippen LogP contribution in [-0.4, -0.2) is 35.9 Å². The van der Waals surface area contributed by atoms with Crippen LogP contribution < -0.4 is 5.32 Å². The number of carboxylic acid groups (broad SMARTS) is 1. The maximum Gasteiger partial charge on any atom is 0.326 e. The molecule has 0 bridgehead atoms. The van der Waals surface area contributed by atoms with Gasteiger partial charge in [-0.3, -0.25) is 10.1 Å². The second-order valence-electron chi connectivity index (χ2n) is 4.16. The van der Waals surface area contributed by atoms with Crippen LogP contribution in [0, 0.1) is 0 Å². The summed E-state index contributed by atoms with van der Waals surface area (Å²) in [6.07, 6.45) is 4.49. The average molecular weight is 199 g/mol. The van der Waals surface area contributed by atoms with Gasteiger partial charge in [-0.25, -0.2) is 0 Å². The van der Waals surface area contributed by atoms with Gasteiger partial charge in [0.15, 0.2) is 0 Å². The first-order valence-corrected chi connectivity index (χ1v) is 5.36. The van der Waals surface area contributed by atoms with Crippen LogP contribution in [0.15, 0.2) is 0 Å². The fourth-order valence-corrected chi connectivity index (χ4v) is 2.49. The lowest BCUT2D eigenvalue weighted by atomic mass is 9.82. The molecule has 2 saturated heterocycles. The lowest BCUT2D eigenvalue weighted by Gasteiger charge is -2.38. The molecule has 2 aliphatic rings. The minimum Gasteiger partial charge on any atom is -0.480 e. The van der Waals surface area contributed by atoms with Crippen molar-refractivity contribution in [3.05, 3.63) is 0 Å². The number of carboxylic acids is 1. The number of nitrogens with one attached hydrogen (secondary N) is 1. The Hall–Kier alpha value is -0.610. The first-order valence-electron chi connectivity index (χ1n) is 5.36. The molecule has 0 aromatic carbocycles. The molecule has 0 aromatic heterocycles. The first kappa shape index (κ1) is 9.93. The van der Waals surface area contributed by atoms with Crippen LogP contribution in [0.4, 0.5) is 0 Å². The minimum absolute atomic E-state index is 0.125. The molecule has 0 aromatic rings. The summed E-state index contributed by atoms with van der Waals surface area (Å²) in [6.45, 7) is 1.51. The summed E-state index contributed by atoms with van der Waals surface area (Å²) >= 11 is 0. The second kappa shape index (κ2) is 3.87. The van der Waals surface area contributed by atoms with Gasteiger partial charge in [-0.2, -0.15) is 0 Å². The Morgan fingerprint density at radius 1 is 1.43 bits per heavy atom. The highest BCUT2D eigenvalue weighted by Gasteiger charge is 2.48. The summed E-state index contributed by atoms with van der Waals surface area (Å²) in [6, 6.07) is 0. The molecule has 4 heteroatoms. The van der Waals surface area contributed by atoms with Crippen LogP contribution in [0.3, 0.4) is 0 Å². The fourth-order valence-electron chi connectivity index (χ4n) is 2.49. The summed E-state index contributed by atoms with van der Waals surface area (Å²) < 4.78 is 5.51. The van der Waals surface area contributed by atoms with E-state index in [-0.39, 0.29) is 6.10 Å². The van der Waals surface area contributed by atoms with E-state index in [9.17, 15) is 9.90 Å². The highest BCUT2D eigenvalue weighted by molar-refractivity contribution is 5.80. The predicted octanol–water partition coefficient (Wildman–Crippen LogP) is 0.762. The van der Waals surface area contributed by atoms with E-state index >= 15 is 0 Å². The van der Waals surface area contributed by atoms with Gasteiger partial charge in [-0.1, -0.05) is 0 Å². The Morgan fingerprint density at radius 2 is 2.29 bits per heavy atom. The largest absolute Gasteiger partial charge is 0.480 e. The predicted molar refractivity (Wildman–Crippen MR) is 51.2 cm³/mol. The molecule has 0 amide bonds. The lowest BCUT2D eigenvalue weighted by molar-refractivity contribution is -0.152. The SMILES string of the molecule is O=C(O)C1(C2CCCO2)CCCCN1. The summed E-state index contributed by atoms with van der Waals surface area (Å²) in [7, 11) is 0. The number of ether oxygens (including phenoxy) is 1. The lowest BCUT2D eigenvalue weighted by Crippen LogP contribution is -2.62. The minimum atomic E-state index is -0.797. The highest BCUT2D eigenvalue weighted by Crippen LogP contribution is 2.31. The van der Waals surface area contributed by atoms with Crippen molar-refractivity contribution >= 4 is 5.97 Å². The zero-order chi connectivity index (χ0) is 10.0. The molecule has 2 rings (SSSR count). The van der Waals surface area contributed by atoms with Gasteiger partial charge in [0, 0.05) is 6.61 Å². The van der Waals surface area contributed by atoms with Gasteiger partial charge in [0.25, 0.3) is 0 Å². The number of rotatable bonds is 2. The van der Waals surface area contributed by atoms with Gasteiger partial charge in [-0.05, 0) is 38.6 Å². The molecule has 2 fully saturated rings. The van der Waals surface area contributed by atoms with E-state index in [4.69, 9.17) is 4.74 Å². The van der Waals surface area contributed by atoms with Gasteiger partial charge < -0.3 is 9.84 Å². The summed E-state index contributed by atoms with van der Waals surface area (Å²) in [5.41, 5.74) is -0.797. The molecule has 0 radical (unpaired) electrons. The van der Waals surface area contributed by atoms with Crippen molar-refractivity contribution in [2.75, 3.05) is 13.2 Å². The van der Waals surface area contributed by atoms with Crippen molar-refractivity contribution in [2.45, 2.75) is 43.7 Å². The van der Waals surface area contributed by atoms with Crippen LogP contribution >= 0.6 is 0 Å². The van der Waals surface area contributed by atoms with Gasteiger partial charge >= 0.3 is 5.97 Å². The van der Waals surface area contributed by atoms with E-state index in [1.165, 1.54) is 0 Å². The van der Waals surface area contributed by atoms with Crippen molar-refractivity contribution in [1.29, 1.82) is 0 Å². The Kier molecular flexibility index (Phi) is 2.74. The third kappa shape index (κ3) is 1.53. The molecule has 2 unspecified atom stereocenters. The molecule has 2 N–H and O–H groups in total. The number of hydrogen-bond donors (Lipinski definition) is 2. The van der Waals surface area contributed by atoms with Gasteiger partial charge in [0.05, 0.1) is 6.10 Å². The van der Waals surface area contributed by atoms with Crippen LogP contribution in [0.2, 0.25) is 0 Å². The van der Waals surface area contributed by atoms with E-state index < -0.39 is 11.5 Å². The van der Waals surface area contributed by atoms with Gasteiger partial charge in [0.1, 0.15) is 5.54 Å². The number of aliphatic carboxylic acids is 1. The zero-order valence-electron chi connectivity index (χ0n) is 8.29. The standard InChI is InChI=1S/C10H17NO3/c12-9(13)10(5-1-2-6-11-10)8-4-3-7-14-8/h8,11H,1-7H2,(H,12,13). The van der Waals surface area contributed by atoms with E-state index in [2.05, 4.69) is 5.32 Å². The van der Waals surface area contributed by atoms with Crippen molar-refractivity contribution < 1.29 is 14.6 Å². The van der Waals surface area contributed by atoms with Crippen molar-refractivity contribution in [3.63, 3.8) is 0 Å². The number of piperidine rings is 1. The Labute approximate surface area is 83.6 Å². The fraction of sp³-hybridized carbons (Fsp3) is 0.900. The highest BCUT2D eigenvalue weighted by atomic mass is 16.5. The quantitative estimate of drug-likeness (QED) is 0.689. The third-order valence-corrected chi connectivity index (χ3v) is 3.30. The number of hydrogen-bond acceptors (Lipinski definition) is 3. The van der Waals surface area contributed by atoms with E-state index in [1.54, 1.807) is 0 Å².